The lowest BCUT2D eigenvalue weighted by Gasteiger charge is -2.16. The third kappa shape index (κ3) is 3.58. The summed E-state index contributed by atoms with van der Waals surface area (Å²) in [6, 6.07) is 18.4. The monoisotopic (exact) mass is 255 g/mol. The minimum absolute atomic E-state index is 0.0481. The summed E-state index contributed by atoms with van der Waals surface area (Å²) in [5.41, 5.74) is 8.33. The van der Waals surface area contributed by atoms with Crippen LogP contribution in [-0.2, 0) is 0 Å². The molecule has 2 rings (SSSR count). The molecule has 0 bridgehead atoms. The first kappa shape index (κ1) is 13.6. The van der Waals surface area contributed by atoms with Crippen LogP contribution in [0.25, 0.3) is 0 Å². The lowest BCUT2D eigenvalue weighted by molar-refractivity contribution is 0.227. The highest BCUT2D eigenvalue weighted by Gasteiger charge is 2.07. The summed E-state index contributed by atoms with van der Waals surface area (Å²) in [5.74, 6) is 0.878. The summed E-state index contributed by atoms with van der Waals surface area (Å²) < 4.78 is 5.93. The van der Waals surface area contributed by atoms with E-state index in [-0.39, 0.29) is 12.1 Å². The van der Waals surface area contributed by atoms with Crippen molar-refractivity contribution in [2.24, 2.45) is 5.73 Å². The average molecular weight is 255 g/mol. The van der Waals surface area contributed by atoms with Gasteiger partial charge in [0.2, 0.25) is 0 Å². The summed E-state index contributed by atoms with van der Waals surface area (Å²) >= 11 is 0. The predicted octanol–water partition coefficient (Wildman–Crippen LogP) is 4.24. The Hall–Kier alpha value is -1.80. The molecule has 2 aromatic rings. The first-order valence-electron chi connectivity index (χ1n) is 6.78. The van der Waals surface area contributed by atoms with Crippen molar-refractivity contribution in [3.63, 3.8) is 0 Å². The number of benzene rings is 2. The van der Waals surface area contributed by atoms with Crippen LogP contribution in [0.1, 0.15) is 43.5 Å². The van der Waals surface area contributed by atoms with Crippen molar-refractivity contribution >= 4 is 0 Å². The molecule has 0 aliphatic heterocycles. The van der Waals surface area contributed by atoms with Crippen LogP contribution in [0.15, 0.2) is 54.6 Å². The fraction of sp³-hybridized carbons (Fsp3) is 0.294. The van der Waals surface area contributed by atoms with Gasteiger partial charge in [-0.15, -0.1) is 0 Å². The minimum Gasteiger partial charge on any atom is -0.486 e. The van der Waals surface area contributed by atoms with E-state index in [1.165, 1.54) is 5.56 Å². The molecule has 2 aromatic carbocycles. The van der Waals surface area contributed by atoms with Gasteiger partial charge in [-0.3, -0.25) is 0 Å². The molecular formula is C17H21NO. The Bertz CT molecular complexity index is 492. The second-order valence-corrected chi connectivity index (χ2v) is 4.75. The van der Waals surface area contributed by atoms with Crippen molar-refractivity contribution in [2.45, 2.75) is 32.4 Å². The van der Waals surface area contributed by atoms with Crippen LogP contribution < -0.4 is 10.5 Å². The van der Waals surface area contributed by atoms with Gasteiger partial charge in [-0.2, -0.15) is 0 Å². The van der Waals surface area contributed by atoms with E-state index in [0.29, 0.717) is 0 Å². The summed E-state index contributed by atoms with van der Waals surface area (Å²) in [4.78, 5) is 0. The third-order valence-corrected chi connectivity index (χ3v) is 3.33. The molecule has 0 heterocycles. The van der Waals surface area contributed by atoms with E-state index >= 15 is 0 Å². The van der Waals surface area contributed by atoms with Gasteiger partial charge >= 0.3 is 0 Å². The molecule has 0 saturated heterocycles. The van der Waals surface area contributed by atoms with Crippen molar-refractivity contribution in [1.29, 1.82) is 0 Å². The predicted molar refractivity (Wildman–Crippen MR) is 79.1 cm³/mol. The number of hydrogen-bond acceptors (Lipinski definition) is 2. The van der Waals surface area contributed by atoms with Gasteiger partial charge in [-0.1, -0.05) is 49.4 Å². The lowest BCUT2D eigenvalue weighted by Crippen LogP contribution is -2.08. The normalized spacial score (nSPS) is 13.8. The fourth-order valence-electron chi connectivity index (χ4n) is 2.03. The Morgan fingerprint density at radius 1 is 0.947 bits per heavy atom. The SMILES string of the molecule is CC[C@@H](N)c1ccc(OC(C)c2ccccc2)cc1. The zero-order valence-electron chi connectivity index (χ0n) is 11.5. The quantitative estimate of drug-likeness (QED) is 0.867. The molecule has 0 saturated carbocycles. The number of hydrogen-bond donors (Lipinski definition) is 1. The molecule has 100 valence electrons. The number of ether oxygens (including phenoxy) is 1. The maximum absolute atomic E-state index is 6.00. The Morgan fingerprint density at radius 3 is 2.16 bits per heavy atom. The molecule has 2 N–H and O–H groups in total. The van der Waals surface area contributed by atoms with Crippen LogP contribution in [0, 0.1) is 0 Å². The van der Waals surface area contributed by atoms with Crippen molar-refractivity contribution in [3.8, 4) is 5.75 Å². The second-order valence-electron chi connectivity index (χ2n) is 4.75. The molecule has 2 atom stereocenters. The second kappa shape index (κ2) is 6.39. The largest absolute Gasteiger partial charge is 0.486 e. The summed E-state index contributed by atoms with van der Waals surface area (Å²) in [7, 11) is 0. The van der Waals surface area contributed by atoms with E-state index in [1.54, 1.807) is 0 Å². The molecule has 0 fully saturated rings. The van der Waals surface area contributed by atoms with Crippen LogP contribution in [0.4, 0.5) is 0 Å². The maximum Gasteiger partial charge on any atom is 0.121 e. The van der Waals surface area contributed by atoms with Crippen molar-refractivity contribution in [1.82, 2.24) is 0 Å². The topological polar surface area (TPSA) is 35.2 Å². The standard InChI is InChI=1S/C17H21NO/c1-3-17(18)15-9-11-16(12-10-15)19-13(2)14-7-5-4-6-8-14/h4-13,17H,3,18H2,1-2H3/t13?,17-/m1/s1. The Kier molecular flexibility index (Phi) is 4.58. The van der Waals surface area contributed by atoms with E-state index in [4.69, 9.17) is 10.5 Å². The van der Waals surface area contributed by atoms with Crippen molar-refractivity contribution < 1.29 is 4.74 Å². The van der Waals surface area contributed by atoms with Crippen LogP contribution >= 0.6 is 0 Å². The van der Waals surface area contributed by atoms with Gasteiger partial charge in [0.15, 0.2) is 0 Å². The van der Waals surface area contributed by atoms with Gasteiger partial charge in [0.1, 0.15) is 11.9 Å². The smallest absolute Gasteiger partial charge is 0.121 e. The maximum atomic E-state index is 6.00. The Labute approximate surface area is 115 Å². The van der Waals surface area contributed by atoms with Gasteiger partial charge < -0.3 is 10.5 Å². The van der Waals surface area contributed by atoms with Crippen molar-refractivity contribution in [2.75, 3.05) is 0 Å². The number of nitrogens with two attached hydrogens (primary N) is 1. The molecule has 0 radical (unpaired) electrons. The molecule has 0 aliphatic rings. The lowest BCUT2D eigenvalue weighted by atomic mass is 10.1. The molecule has 0 aromatic heterocycles. The fourth-order valence-corrected chi connectivity index (χ4v) is 2.03. The van der Waals surface area contributed by atoms with Gasteiger partial charge in [0.05, 0.1) is 0 Å². The zero-order valence-corrected chi connectivity index (χ0v) is 11.5. The molecule has 2 nitrogen and oxygen atoms in total. The van der Waals surface area contributed by atoms with Crippen molar-refractivity contribution in [3.05, 3.63) is 65.7 Å². The first-order valence-corrected chi connectivity index (χ1v) is 6.78. The first-order chi connectivity index (χ1) is 9.20. The third-order valence-electron chi connectivity index (χ3n) is 3.33. The molecule has 1 unspecified atom stereocenters. The van der Waals surface area contributed by atoms with E-state index in [0.717, 1.165) is 17.7 Å². The van der Waals surface area contributed by atoms with E-state index in [1.807, 2.05) is 42.5 Å². The summed E-state index contributed by atoms with van der Waals surface area (Å²) in [5, 5.41) is 0. The van der Waals surface area contributed by atoms with Crippen LogP contribution in [0.3, 0.4) is 0 Å². The molecule has 0 amide bonds. The summed E-state index contributed by atoms with van der Waals surface area (Å²) in [6.07, 6.45) is 0.993. The highest BCUT2D eigenvalue weighted by atomic mass is 16.5. The highest BCUT2D eigenvalue weighted by Crippen LogP contribution is 2.23. The van der Waals surface area contributed by atoms with Gasteiger partial charge in [-0.05, 0) is 36.6 Å². The molecule has 19 heavy (non-hydrogen) atoms. The van der Waals surface area contributed by atoms with Gasteiger partial charge in [-0.25, -0.2) is 0 Å². The van der Waals surface area contributed by atoms with Gasteiger partial charge in [0.25, 0.3) is 0 Å². The Balaban J connectivity index is 2.04. The summed E-state index contributed by atoms with van der Waals surface area (Å²) in [6.45, 7) is 4.15. The Morgan fingerprint density at radius 2 is 1.58 bits per heavy atom. The van der Waals surface area contributed by atoms with E-state index in [2.05, 4.69) is 26.0 Å². The zero-order chi connectivity index (χ0) is 13.7. The van der Waals surface area contributed by atoms with Gasteiger partial charge in [0, 0.05) is 6.04 Å². The molecule has 2 heteroatoms. The number of rotatable bonds is 5. The minimum atomic E-state index is 0.0481. The average Bonchev–Trinajstić information content (AvgIpc) is 2.48. The molecule has 0 aliphatic carbocycles. The molecule has 0 spiro atoms. The van der Waals surface area contributed by atoms with Crippen LogP contribution in [0.5, 0.6) is 5.75 Å². The molecular weight excluding hydrogens is 234 g/mol. The van der Waals surface area contributed by atoms with Crippen LogP contribution in [0.2, 0.25) is 0 Å². The van der Waals surface area contributed by atoms with Crippen LogP contribution in [-0.4, -0.2) is 0 Å². The highest BCUT2D eigenvalue weighted by molar-refractivity contribution is 5.30. The van der Waals surface area contributed by atoms with E-state index < -0.39 is 0 Å². The van der Waals surface area contributed by atoms with E-state index in [9.17, 15) is 0 Å².